The molecule has 1 aliphatic heterocycles. The SMILES string of the molecule is CC(C)(C)OC(=O)N1CCOC(c2cc(Oc3ccncc3)ccc2F)C1. The minimum atomic E-state index is -0.591. The number of carbonyl (C=O) groups excluding carboxylic acids is 1. The number of carbonyl (C=O) groups is 1. The van der Waals surface area contributed by atoms with Crippen LogP contribution in [0.3, 0.4) is 0 Å². The summed E-state index contributed by atoms with van der Waals surface area (Å²) in [7, 11) is 0. The second kappa shape index (κ2) is 7.92. The van der Waals surface area contributed by atoms with Crippen LogP contribution in [0.5, 0.6) is 11.5 Å². The predicted octanol–water partition coefficient (Wildman–Crippen LogP) is 4.32. The van der Waals surface area contributed by atoms with Gasteiger partial charge in [0.1, 0.15) is 29.0 Å². The van der Waals surface area contributed by atoms with Gasteiger partial charge in [-0.25, -0.2) is 9.18 Å². The number of pyridine rings is 1. The molecule has 1 amide bonds. The molecule has 27 heavy (non-hydrogen) atoms. The number of amides is 1. The summed E-state index contributed by atoms with van der Waals surface area (Å²) in [6.45, 7) is 6.34. The Hall–Kier alpha value is -2.67. The summed E-state index contributed by atoms with van der Waals surface area (Å²) in [4.78, 5) is 17.8. The van der Waals surface area contributed by atoms with Crippen molar-refractivity contribution in [3.05, 3.63) is 54.1 Å². The minimum absolute atomic E-state index is 0.213. The maximum Gasteiger partial charge on any atom is 0.410 e. The molecule has 6 nitrogen and oxygen atoms in total. The van der Waals surface area contributed by atoms with Gasteiger partial charge in [-0.3, -0.25) is 4.98 Å². The van der Waals surface area contributed by atoms with Crippen LogP contribution in [0, 0.1) is 5.82 Å². The summed E-state index contributed by atoms with van der Waals surface area (Å²) in [6, 6.07) is 7.91. The molecular weight excluding hydrogens is 351 g/mol. The molecule has 1 saturated heterocycles. The molecule has 0 radical (unpaired) electrons. The van der Waals surface area contributed by atoms with Crippen LogP contribution in [0.2, 0.25) is 0 Å². The number of hydrogen-bond acceptors (Lipinski definition) is 5. The monoisotopic (exact) mass is 374 g/mol. The first-order valence-corrected chi connectivity index (χ1v) is 8.79. The van der Waals surface area contributed by atoms with Crippen molar-refractivity contribution in [1.82, 2.24) is 9.88 Å². The molecule has 144 valence electrons. The summed E-state index contributed by atoms with van der Waals surface area (Å²) >= 11 is 0. The molecule has 1 aliphatic rings. The Bertz CT molecular complexity index is 792. The summed E-state index contributed by atoms with van der Waals surface area (Å²) in [5, 5.41) is 0. The first-order valence-electron chi connectivity index (χ1n) is 8.79. The zero-order chi connectivity index (χ0) is 19.4. The van der Waals surface area contributed by atoms with Gasteiger partial charge in [-0.1, -0.05) is 0 Å². The van der Waals surface area contributed by atoms with Crippen molar-refractivity contribution in [1.29, 1.82) is 0 Å². The highest BCUT2D eigenvalue weighted by atomic mass is 19.1. The van der Waals surface area contributed by atoms with E-state index in [-0.39, 0.29) is 6.54 Å². The molecule has 2 heterocycles. The van der Waals surface area contributed by atoms with Crippen LogP contribution in [-0.2, 0) is 9.47 Å². The average molecular weight is 374 g/mol. The molecule has 2 aromatic rings. The van der Waals surface area contributed by atoms with E-state index in [4.69, 9.17) is 14.2 Å². The summed E-state index contributed by atoms with van der Waals surface area (Å²) in [6.07, 6.45) is 2.21. The Labute approximate surface area is 157 Å². The van der Waals surface area contributed by atoms with Gasteiger partial charge in [-0.05, 0) is 51.1 Å². The first kappa shape index (κ1) is 19.1. The van der Waals surface area contributed by atoms with E-state index in [1.165, 1.54) is 11.0 Å². The van der Waals surface area contributed by atoms with Gasteiger partial charge in [0.25, 0.3) is 0 Å². The van der Waals surface area contributed by atoms with Crippen molar-refractivity contribution in [3.63, 3.8) is 0 Å². The Morgan fingerprint density at radius 3 is 2.67 bits per heavy atom. The lowest BCUT2D eigenvalue weighted by Crippen LogP contribution is -2.44. The zero-order valence-corrected chi connectivity index (χ0v) is 15.6. The van der Waals surface area contributed by atoms with Gasteiger partial charge >= 0.3 is 6.09 Å². The van der Waals surface area contributed by atoms with E-state index in [0.29, 0.717) is 30.2 Å². The number of nitrogens with zero attached hydrogens (tertiary/aromatic N) is 2. The summed E-state index contributed by atoms with van der Waals surface area (Å²) < 4.78 is 31.3. The molecule has 0 bridgehead atoms. The van der Waals surface area contributed by atoms with Crippen molar-refractivity contribution >= 4 is 6.09 Å². The van der Waals surface area contributed by atoms with E-state index in [2.05, 4.69) is 4.98 Å². The highest BCUT2D eigenvalue weighted by Crippen LogP contribution is 2.30. The van der Waals surface area contributed by atoms with Crippen LogP contribution in [0.4, 0.5) is 9.18 Å². The number of benzene rings is 1. The van der Waals surface area contributed by atoms with E-state index in [9.17, 15) is 9.18 Å². The number of morpholine rings is 1. The fraction of sp³-hybridized carbons (Fsp3) is 0.400. The molecule has 0 saturated carbocycles. The topological polar surface area (TPSA) is 60.9 Å². The van der Waals surface area contributed by atoms with Crippen LogP contribution in [0.25, 0.3) is 0 Å². The molecule has 1 aromatic heterocycles. The van der Waals surface area contributed by atoms with Crippen molar-refractivity contribution in [2.75, 3.05) is 19.7 Å². The van der Waals surface area contributed by atoms with Gasteiger partial charge in [0.05, 0.1) is 13.2 Å². The molecule has 3 rings (SSSR count). The van der Waals surface area contributed by atoms with E-state index in [0.717, 1.165) is 0 Å². The third-order valence-electron chi connectivity index (χ3n) is 3.92. The number of hydrogen-bond donors (Lipinski definition) is 0. The zero-order valence-electron chi connectivity index (χ0n) is 15.6. The maximum absolute atomic E-state index is 14.4. The van der Waals surface area contributed by atoms with Crippen molar-refractivity contribution in [2.45, 2.75) is 32.5 Å². The summed E-state index contributed by atoms with van der Waals surface area (Å²) in [5.41, 5.74) is -0.246. The van der Waals surface area contributed by atoms with E-state index in [1.54, 1.807) is 36.7 Å². The van der Waals surface area contributed by atoms with Crippen molar-refractivity contribution in [3.8, 4) is 11.5 Å². The Balaban J connectivity index is 1.75. The molecule has 1 atom stereocenters. The van der Waals surface area contributed by atoms with Crippen LogP contribution in [0.15, 0.2) is 42.7 Å². The largest absolute Gasteiger partial charge is 0.457 e. The van der Waals surface area contributed by atoms with Gasteiger partial charge in [0.2, 0.25) is 0 Å². The average Bonchev–Trinajstić information content (AvgIpc) is 2.63. The Kier molecular flexibility index (Phi) is 5.60. The number of rotatable bonds is 3. The highest BCUT2D eigenvalue weighted by Gasteiger charge is 2.30. The van der Waals surface area contributed by atoms with Crippen LogP contribution in [-0.4, -0.2) is 41.3 Å². The molecule has 0 aliphatic carbocycles. The van der Waals surface area contributed by atoms with Gasteiger partial charge < -0.3 is 19.1 Å². The lowest BCUT2D eigenvalue weighted by Gasteiger charge is -2.34. The standard InChI is InChI=1S/C20H23FN2O4/c1-20(2,3)27-19(24)23-10-11-25-18(13-23)16-12-15(4-5-17(16)21)26-14-6-8-22-9-7-14/h4-9,12,18H,10-11,13H2,1-3H3. The first-order chi connectivity index (χ1) is 12.8. The smallest absolute Gasteiger partial charge is 0.410 e. The van der Waals surface area contributed by atoms with E-state index in [1.807, 2.05) is 20.8 Å². The normalized spacial score (nSPS) is 17.5. The second-order valence-corrected chi connectivity index (χ2v) is 7.25. The minimum Gasteiger partial charge on any atom is -0.457 e. The summed E-state index contributed by atoms with van der Waals surface area (Å²) in [5.74, 6) is 0.672. The second-order valence-electron chi connectivity index (χ2n) is 7.25. The van der Waals surface area contributed by atoms with Gasteiger partial charge in [0, 0.05) is 24.5 Å². The van der Waals surface area contributed by atoms with Gasteiger partial charge in [-0.15, -0.1) is 0 Å². The van der Waals surface area contributed by atoms with Crippen LogP contribution < -0.4 is 4.74 Å². The molecule has 1 unspecified atom stereocenters. The van der Waals surface area contributed by atoms with Crippen LogP contribution >= 0.6 is 0 Å². The van der Waals surface area contributed by atoms with E-state index < -0.39 is 23.6 Å². The molecule has 0 spiro atoms. The Morgan fingerprint density at radius 2 is 1.96 bits per heavy atom. The third-order valence-corrected chi connectivity index (χ3v) is 3.92. The fourth-order valence-corrected chi connectivity index (χ4v) is 2.70. The lowest BCUT2D eigenvalue weighted by molar-refractivity contribution is -0.0444. The quantitative estimate of drug-likeness (QED) is 0.801. The lowest BCUT2D eigenvalue weighted by atomic mass is 10.1. The number of aromatic nitrogens is 1. The van der Waals surface area contributed by atoms with Crippen molar-refractivity contribution in [2.24, 2.45) is 0 Å². The Morgan fingerprint density at radius 1 is 1.22 bits per heavy atom. The maximum atomic E-state index is 14.4. The highest BCUT2D eigenvalue weighted by molar-refractivity contribution is 5.68. The third kappa shape index (κ3) is 5.17. The molecule has 1 fully saturated rings. The molecule has 0 N–H and O–H groups in total. The van der Waals surface area contributed by atoms with Crippen LogP contribution in [0.1, 0.15) is 32.4 Å². The number of halogens is 1. The predicted molar refractivity (Wildman–Crippen MR) is 97.2 cm³/mol. The fourth-order valence-electron chi connectivity index (χ4n) is 2.70. The van der Waals surface area contributed by atoms with E-state index >= 15 is 0 Å². The van der Waals surface area contributed by atoms with Gasteiger partial charge in [0.15, 0.2) is 0 Å². The number of ether oxygens (including phenoxy) is 3. The molecule has 1 aromatic carbocycles. The van der Waals surface area contributed by atoms with Crippen molar-refractivity contribution < 1.29 is 23.4 Å². The molecular formula is C20H23FN2O4. The molecule has 7 heteroatoms. The van der Waals surface area contributed by atoms with Gasteiger partial charge in [-0.2, -0.15) is 0 Å².